The fourth-order valence-electron chi connectivity index (χ4n) is 2.29. The molecule has 1 saturated carbocycles. The average Bonchev–Trinajstić information content (AvgIpc) is 2.46. The van der Waals surface area contributed by atoms with Crippen molar-refractivity contribution in [2.75, 3.05) is 6.54 Å². The molecule has 1 aliphatic rings. The van der Waals surface area contributed by atoms with Crippen molar-refractivity contribution in [2.45, 2.75) is 31.1 Å². The van der Waals surface area contributed by atoms with Crippen LogP contribution in [0.15, 0.2) is 10.8 Å². The Morgan fingerprint density at radius 1 is 1.43 bits per heavy atom. The number of aryl methyl sites for hydroxylation is 1. The maximum absolute atomic E-state index is 12.9. The van der Waals surface area contributed by atoms with Crippen LogP contribution in [0.3, 0.4) is 0 Å². The van der Waals surface area contributed by atoms with E-state index in [9.17, 15) is 8.78 Å². The third kappa shape index (κ3) is 1.37. The second-order valence-corrected chi connectivity index (χ2v) is 4.91. The van der Waals surface area contributed by atoms with Crippen LogP contribution in [0.4, 0.5) is 8.78 Å². The first-order valence-corrected chi connectivity index (χ1v) is 5.55. The Morgan fingerprint density at radius 3 is 2.43 bits per heavy atom. The molecule has 0 unspecified atom stereocenters. The highest BCUT2D eigenvalue weighted by Gasteiger charge is 2.57. The molecule has 78 valence electrons. The first-order valence-electron chi connectivity index (χ1n) is 4.60. The number of thiophene rings is 1. The van der Waals surface area contributed by atoms with Crippen LogP contribution in [0, 0.1) is 6.92 Å². The average molecular weight is 217 g/mol. The van der Waals surface area contributed by atoms with E-state index in [1.165, 1.54) is 0 Å². The van der Waals surface area contributed by atoms with Crippen LogP contribution in [0.25, 0.3) is 0 Å². The molecule has 0 amide bonds. The molecule has 0 saturated heterocycles. The van der Waals surface area contributed by atoms with Gasteiger partial charge in [-0.3, -0.25) is 0 Å². The minimum absolute atomic E-state index is 0.0892. The summed E-state index contributed by atoms with van der Waals surface area (Å²) >= 11 is 1.56. The maximum Gasteiger partial charge on any atom is 0.250 e. The van der Waals surface area contributed by atoms with Crippen LogP contribution in [0.2, 0.25) is 0 Å². The molecule has 0 aromatic carbocycles. The molecule has 0 aliphatic heterocycles. The van der Waals surface area contributed by atoms with E-state index in [0.29, 0.717) is 6.54 Å². The SMILES string of the molecule is Cc1cscc1C1(CN)CC(F)(F)C1. The maximum atomic E-state index is 12.9. The fourth-order valence-corrected chi connectivity index (χ4v) is 3.26. The molecule has 0 spiro atoms. The quantitative estimate of drug-likeness (QED) is 0.809. The lowest BCUT2D eigenvalue weighted by Gasteiger charge is -2.47. The van der Waals surface area contributed by atoms with Crippen LogP contribution in [-0.4, -0.2) is 12.5 Å². The fraction of sp³-hybridized carbons (Fsp3) is 0.600. The van der Waals surface area contributed by atoms with Gasteiger partial charge in [0.1, 0.15) is 0 Å². The molecule has 1 aromatic heterocycles. The number of nitrogens with two attached hydrogens (primary N) is 1. The predicted octanol–water partition coefficient (Wildman–Crippen LogP) is 2.68. The molecule has 0 bridgehead atoms. The number of hydrogen-bond donors (Lipinski definition) is 1. The van der Waals surface area contributed by atoms with Gasteiger partial charge in [-0.15, -0.1) is 0 Å². The van der Waals surface area contributed by atoms with E-state index < -0.39 is 11.3 Å². The molecule has 1 aromatic rings. The van der Waals surface area contributed by atoms with Crippen molar-refractivity contribution in [1.29, 1.82) is 0 Å². The lowest BCUT2D eigenvalue weighted by molar-refractivity contribution is -0.123. The Labute approximate surface area is 85.9 Å². The van der Waals surface area contributed by atoms with E-state index in [0.717, 1.165) is 11.1 Å². The van der Waals surface area contributed by atoms with Crippen molar-refractivity contribution < 1.29 is 8.78 Å². The Bertz CT molecular complexity index is 338. The van der Waals surface area contributed by atoms with Crippen molar-refractivity contribution in [1.82, 2.24) is 0 Å². The van der Waals surface area contributed by atoms with Gasteiger partial charge in [0.2, 0.25) is 5.92 Å². The highest BCUT2D eigenvalue weighted by molar-refractivity contribution is 7.08. The van der Waals surface area contributed by atoms with E-state index in [4.69, 9.17) is 5.73 Å². The minimum Gasteiger partial charge on any atom is -0.330 e. The molecule has 2 rings (SSSR count). The molecule has 4 heteroatoms. The summed E-state index contributed by atoms with van der Waals surface area (Å²) in [5.41, 5.74) is 7.29. The topological polar surface area (TPSA) is 26.0 Å². The molecule has 0 radical (unpaired) electrons. The lowest BCUT2D eigenvalue weighted by atomic mass is 9.62. The first-order chi connectivity index (χ1) is 6.49. The lowest BCUT2D eigenvalue weighted by Crippen LogP contribution is -2.53. The van der Waals surface area contributed by atoms with Gasteiger partial charge in [0.05, 0.1) is 0 Å². The highest BCUT2D eigenvalue weighted by atomic mass is 32.1. The van der Waals surface area contributed by atoms with Gasteiger partial charge in [-0.2, -0.15) is 11.3 Å². The van der Waals surface area contributed by atoms with Gasteiger partial charge in [0, 0.05) is 24.8 Å². The van der Waals surface area contributed by atoms with Crippen LogP contribution in [0.5, 0.6) is 0 Å². The van der Waals surface area contributed by atoms with Gasteiger partial charge in [0.25, 0.3) is 0 Å². The van der Waals surface area contributed by atoms with Crippen molar-refractivity contribution >= 4 is 11.3 Å². The van der Waals surface area contributed by atoms with Crippen LogP contribution in [-0.2, 0) is 5.41 Å². The highest BCUT2D eigenvalue weighted by Crippen LogP contribution is 2.53. The minimum atomic E-state index is -2.51. The van der Waals surface area contributed by atoms with Gasteiger partial charge in [-0.05, 0) is 28.8 Å². The first kappa shape index (κ1) is 10.1. The van der Waals surface area contributed by atoms with E-state index in [2.05, 4.69) is 0 Å². The van der Waals surface area contributed by atoms with Crippen LogP contribution >= 0.6 is 11.3 Å². The number of halogens is 2. The summed E-state index contributed by atoms with van der Waals surface area (Å²) in [5.74, 6) is -2.51. The molecule has 14 heavy (non-hydrogen) atoms. The number of rotatable bonds is 2. The molecule has 1 fully saturated rings. The van der Waals surface area contributed by atoms with Gasteiger partial charge < -0.3 is 5.73 Å². The van der Waals surface area contributed by atoms with Crippen molar-refractivity contribution in [3.63, 3.8) is 0 Å². The Kier molecular flexibility index (Phi) is 2.16. The molecular weight excluding hydrogens is 204 g/mol. The summed E-state index contributed by atoms with van der Waals surface area (Å²) in [6, 6.07) is 0. The summed E-state index contributed by atoms with van der Waals surface area (Å²) in [6.45, 7) is 2.28. The van der Waals surface area contributed by atoms with Crippen LogP contribution in [0.1, 0.15) is 24.0 Å². The van der Waals surface area contributed by atoms with Gasteiger partial charge in [-0.25, -0.2) is 8.78 Å². The molecule has 1 aliphatic carbocycles. The monoisotopic (exact) mass is 217 g/mol. The molecule has 0 atom stereocenters. The third-order valence-electron chi connectivity index (χ3n) is 3.01. The zero-order chi connectivity index (χ0) is 10.4. The van der Waals surface area contributed by atoms with Gasteiger partial charge >= 0.3 is 0 Å². The van der Waals surface area contributed by atoms with E-state index in [-0.39, 0.29) is 12.8 Å². The molecule has 2 N–H and O–H groups in total. The Morgan fingerprint density at radius 2 is 2.07 bits per heavy atom. The zero-order valence-electron chi connectivity index (χ0n) is 8.02. The predicted molar refractivity (Wildman–Crippen MR) is 54.0 cm³/mol. The Hall–Kier alpha value is -0.480. The summed E-state index contributed by atoms with van der Waals surface area (Å²) in [4.78, 5) is 0. The van der Waals surface area contributed by atoms with Crippen LogP contribution < -0.4 is 5.73 Å². The largest absolute Gasteiger partial charge is 0.330 e. The molecular formula is C10H13F2NS. The smallest absolute Gasteiger partial charge is 0.250 e. The summed E-state index contributed by atoms with van der Waals surface area (Å²) < 4.78 is 25.8. The second-order valence-electron chi connectivity index (χ2n) is 4.16. The molecule has 1 nitrogen and oxygen atoms in total. The third-order valence-corrected chi connectivity index (χ3v) is 3.87. The summed E-state index contributed by atoms with van der Waals surface area (Å²) in [5, 5.41) is 3.95. The Balaban J connectivity index is 2.29. The van der Waals surface area contributed by atoms with Crippen molar-refractivity contribution in [3.8, 4) is 0 Å². The zero-order valence-corrected chi connectivity index (χ0v) is 8.83. The second kappa shape index (κ2) is 3.00. The van der Waals surface area contributed by atoms with E-state index >= 15 is 0 Å². The number of alkyl halides is 2. The number of hydrogen-bond acceptors (Lipinski definition) is 2. The summed E-state index contributed by atoms with van der Waals surface area (Å²) in [7, 11) is 0. The van der Waals surface area contributed by atoms with Crippen molar-refractivity contribution in [2.24, 2.45) is 5.73 Å². The normalized spacial score (nSPS) is 23.1. The standard InChI is InChI=1S/C10H13F2NS/c1-7-2-14-3-8(7)9(6-13)4-10(11,12)5-9/h2-3H,4-6,13H2,1H3. The summed E-state index contributed by atoms with van der Waals surface area (Å²) in [6.07, 6.45) is -0.178. The molecule has 1 heterocycles. The van der Waals surface area contributed by atoms with Gasteiger partial charge in [0.15, 0.2) is 0 Å². The van der Waals surface area contributed by atoms with Gasteiger partial charge in [-0.1, -0.05) is 0 Å². The van der Waals surface area contributed by atoms with E-state index in [1.807, 2.05) is 17.7 Å². The van der Waals surface area contributed by atoms with Crippen molar-refractivity contribution in [3.05, 3.63) is 21.9 Å². The van der Waals surface area contributed by atoms with E-state index in [1.54, 1.807) is 11.3 Å².